The van der Waals surface area contributed by atoms with Gasteiger partial charge in [-0.2, -0.15) is 0 Å². The number of carbonyl (C=O) groups excluding carboxylic acids is 1. The van der Waals surface area contributed by atoms with Gasteiger partial charge in [0.15, 0.2) is 0 Å². The summed E-state index contributed by atoms with van der Waals surface area (Å²) in [5, 5.41) is 20.1. The average Bonchev–Trinajstić information content (AvgIpc) is 2.79. The van der Waals surface area contributed by atoms with Crippen molar-refractivity contribution in [1.82, 2.24) is 0 Å². The van der Waals surface area contributed by atoms with Gasteiger partial charge in [0, 0.05) is 12.3 Å². The zero-order valence-corrected chi connectivity index (χ0v) is 14.6. The summed E-state index contributed by atoms with van der Waals surface area (Å²) in [6.07, 6.45) is 13.7. The second-order valence-corrected chi connectivity index (χ2v) is 6.83. The highest BCUT2D eigenvalue weighted by Gasteiger charge is 2.40. The van der Waals surface area contributed by atoms with Gasteiger partial charge in [-0.15, -0.1) is 0 Å². The van der Waals surface area contributed by atoms with Crippen molar-refractivity contribution in [3.63, 3.8) is 0 Å². The molecule has 0 aromatic heterocycles. The molecule has 23 heavy (non-hydrogen) atoms. The summed E-state index contributed by atoms with van der Waals surface area (Å²) in [6.45, 7) is 5.77. The number of aliphatic hydroxyl groups excluding tert-OH is 2. The summed E-state index contributed by atoms with van der Waals surface area (Å²) in [7, 11) is 0. The first kappa shape index (κ1) is 20.1. The Morgan fingerprint density at radius 3 is 2.70 bits per heavy atom. The van der Waals surface area contributed by atoms with Crippen LogP contribution >= 0.6 is 0 Å². The highest BCUT2D eigenvalue weighted by molar-refractivity contribution is 5.84. The second-order valence-electron chi connectivity index (χ2n) is 6.83. The van der Waals surface area contributed by atoms with E-state index in [9.17, 15) is 15.0 Å². The van der Waals surface area contributed by atoms with E-state index >= 15 is 0 Å². The third-order valence-corrected chi connectivity index (χ3v) is 4.96. The standard InChI is InChI=1S/C20H34O3/c1-3-5-7-8-9-13-17-18(20(23)15-19(17)22)14-10-12-16(21)11-6-4-2/h3,5,7,16-18,20-21,23H,1,4,6,8-15H2,2H3/t16?,17-,18-,20-/m1/s1. The molecule has 1 fully saturated rings. The molecule has 0 aliphatic heterocycles. The highest BCUT2D eigenvalue weighted by atomic mass is 16.3. The van der Waals surface area contributed by atoms with Gasteiger partial charge in [0.25, 0.3) is 0 Å². The number of carbonyl (C=O) groups is 1. The van der Waals surface area contributed by atoms with Crippen molar-refractivity contribution in [2.24, 2.45) is 11.8 Å². The van der Waals surface area contributed by atoms with Gasteiger partial charge in [-0.25, -0.2) is 0 Å². The predicted octanol–water partition coefficient (Wildman–Crippen LogP) is 4.19. The lowest BCUT2D eigenvalue weighted by molar-refractivity contribution is -0.121. The fourth-order valence-corrected chi connectivity index (χ4v) is 3.61. The van der Waals surface area contributed by atoms with Gasteiger partial charge in [0.2, 0.25) is 0 Å². The molecule has 0 heterocycles. The summed E-state index contributed by atoms with van der Waals surface area (Å²) in [4.78, 5) is 12.1. The van der Waals surface area contributed by atoms with Gasteiger partial charge in [-0.1, -0.05) is 51.0 Å². The van der Waals surface area contributed by atoms with E-state index in [1.807, 2.05) is 6.08 Å². The molecule has 1 aliphatic rings. The number of hydrogen-bond donors (Lipinski definition) is 2. The number of Topliss-reactive ketones (excluding diaryl/α,β-unsaturated/α-hetero) is 1. The van der Waals surface area contributed by atoms with Gasteiger partial charge in [0.05, 0.1) is 12.2 Å². The van der Waals surface area contributed by atoms with Crippen molar-refractivity contribution in [2.75, 3.05) is 0 Å². The molecule has 3 nitrogen and oxygen atoms in total. The highest BCUT2D eigenvalue weighted by Crippen LogP contribution is 2.36. The van der Waals surface area contributed by atoms with Crippen molar-refractivity contribution in [2.45, 2.75) is 83.3 Å². The van der Waals surface area contributed by atoms with Gasteiger partial charge >= 0.3 is 0 Å². The summed E-state index contributed by atoms with van der Waals surface area (Å²) in [5.74, 6) is 0.320. The maximum Gasteiger partial charge on any atom is 0.138 e. The van der Waals surface area contributed by atoms with Gasteiger partial charge in [-0.3, -0.25) is 4.79 Å². The number of allylic oxidation sites excluding steroid dienone is 3. The van der Waals surface area contributed by atoms with Crippen LogP contribution in [-0.4, -0.2) is 28.2 Å². The first-order valence-electron chi connectivity index (χ1n) is 9.26. The lowest BCUT2D eigenvalue weighted by Crippen LogP contribution is -2.21. The zero-order chi connectivity index (χ0) is 17.1. The van der Waals surface area contributed by atoms with Gasteiger partial charge in [0.1, 0.15) is 5.78 Å². The molecule has 0 aromatic rings. The lowest BCUT2D eigenvalue weighted by Gasteiger charge is -2.21. The number of rotatable bonds is 12. The molecule has 2 N–H and O–H groups in total. The molecule has 1 aliphatic carbocycles. The van der Waals surface area contributed by atoms with Crippen molar-refractivity contribution in [3.8, 4) is 0 Å². The Kier molecular flexibility index (Phi) is 10.1. The van der Waals surface area contributed by atoms with E-state index in [0.29, 0.717) is 6.42 Å². The largest absolute Gasteiger partial charge is 0.393 e. The SMILES string of the molecule is C=CC=CCCC[C@H]1C(=O)C[C@@H](O)[C@@H]1CCCC(O)CCCC. The summed E-state index contributed by atoms with van der Waals surface area (Å²) in [6, 6.07) is 0. The lowest BCUT2D eigenvalue weighted by atomic mass is 9.85. The van der Waals surface area contributed by atoms with Crippen molar-refractivity contribution in [3.05, 3.63) is 24.8 Å². The molecule has 4 atom stereocenters. The Hall–Kier alpha value is -0.930. The van der Waals surface area contributed by atoms with E-state index in [1.54, 1.807) is 6.08 Å². The fraction of sp³-hybridized carbons (Fsp3) is 0.750. The first-order chi connectivity index (χ1) is 11.1. The molecule has 0 radical (unpaired) electrons. The zero-order valence-electron chi connectivity index (χ0n) is 14.6. The normalized spacial score (nSPS) is 26.0. The van der Waals surface area contributed by atoms with Gasteiger partial charge in [-0.05, 0) is 44.4 Å². The maximum atomic E-state index is 12.1. The number of hydrogen-bond acceptors (Lipinski definition) is 3. The smallest absolute Gasteiger partial charge is 0.138 e. The van der Waals surface area contributed by atoms with Crippen molar-refractivity contribution < 1.29 is 15.0 Å². The third-order valence-electron chi connectivity index (χ3n) is 4.96. The third kappa shape index (κ3) is 7.45. The minimum atomic E-state index is -0.482. The predicted molar refractivity (Wildman–Crippen MR) is 95.2 cm³/mol. The van der Waals surface area contributed by atoms with E-state index in [-0.39, 0.29) is 23.7 Å². The summed E-state index contributed by atoms with van der Waals surface area (Å²) >= 11 is 0. The molecule has 0 bridgehead atoms. The van der Waals surface area contributed by atoms with E-state index in [0.717, 1.165) is 57.8 Å². The molecule has 0 saturated heterocycles. The van der Waals surface area contributed by atoms with Crippen LogP contribution in [0.2, 0.25) is 0 Å². The van der Waals surface area contributed by atoms with Crippen LogP contribution in [0, 0.1) is 11.8 Å². The summed E-state index contributed by atoms with van der Waals surface area (Å²) in [5.41, 5.74) is 0. The van der Waals surface area contributed by atoms with Crippen LogP contribution in [0.3, 0.4) is 0 Å². The second kappa shape index (κ2) is 11.6. The Labute approximate surface area is 141 Å². The monoisotopic (exact) mass is 322 g/mol. The van der Waals surface area contributed by atoms with Gasteiger partial charge < -0.3 is 10.2 Å². The van der Waals surface area contributed by atoms with E-state index in [2.05, 4.69) is 19.6 Å². The molecular formula is C20H34O3. The molecule has 1 rings (SSSR count). The Balaban J connectivity index is 2.35. The Bertz CT molecular complexity index is 375. The number of aliphatic hydroxyl groups is 2. The average molecular weight is 322 g/mol. The fourth-order valence-electron chi connectivity index (χ4n) is 3.61. The molecule has 1 saturated carbocycles. The van der Waals surface area contributed by atoms with Crippen LogP contribution in [0.5, 0.6) is 0 Å². The van der Waals surface area contributed by atoms with E-state index in [4.69, 9.17) is 0 Å². The van der Waals surface area contributed by atoms with Crippen LogP contribution in [0.15, 0.2) is 24.8 Å². The molecule has 0 aromatic carbocycles. The number of ketones is 1. The maximum absolute atomic E-state index is 12.1. The summed E-state index contributed by atoms with van der Waals surface area (Å²) < 4.78 is 0. The minimum absolute atomic E-state index is 0.00918. The van der Waals surface area contributed by atoms with Crippen LogP contribution < -0.4 is 0 Å². The van der Waals surface area contributed by atoms with Crippen LogP contribution in [0.4, 0.5) is 0 Å². The first-order valence-corrected chi connectivity index (χ1v) is 9.26. The van der Waals surface area contributed by atoms with Crippen LogP contribution in [0.1, 0.15) is 71.1 Å². The quantitative estimate of drug-likeness (QED) is 0.418. The van der Waals surface area contributed by atoms with E-state index in [1.165, 1.54) is 0 Å². The Morgan fingerprint density at radius 2 is 2.00 bits per heavy atom. The molecule has 3 heteroatoms. The molecule has 0 amide bonds. The molecule has 132 valence electrons. The van der Waals surface area contributed by atoms with E-state index < -0.39 is 6.10 Å². The molecule has 1 unspecified atom stereocenters. The Morgan fingerprint density at radius 1 is 1.26 bits per heavy atom. The topological polar surface area (TPSA) is 57.5 Å². The molecular weight excluding hydrogens is 288 g/mol. The minimum Gasteiger partial charge on any atom is -0.393 e. The molecule has 0 spiro atoms. The van der Waals surface area contributed by atoms with Crippen molar-refractivity contribution >= 4 is 5.78 Å². The number of unbranched alkanes of at least 4 members (excludes halogenated alkanes) is 2. The van der Waals surface area contributed by atoms with Crippen molar-refractivity contribution in [1.29, 1.82) is 0 Å². The van der Waals surface area contributed by atoms with Crippen LogP contribution in [0.25, 0.3) is 0 Å². The van der Waals surface area contributed by atoms with Crippen LogP contribution in [-0.2, 0) is 4.79 Å².